The van der Waals surface area contributed by atoms with Gasteiger partial charge in [0.05, 0.1) is 17.4 Å². The summed E-state index contributed by atoms with van der Waals surface area (Å²) in [5, 5.41) is 3.83. The molecule has 0 radical (unpaired) electrons. The lowest BCUT2D eigenvalue weighted by Crippen LogP contribution is -2.11. The molecule has 0 saturated heterocycles. The number of anilines is 1. The number of thiazole rings is 1. The fourth-order valence-corrected chi connectivity index (χ4v) is 3.78. The van der Waals surface area contributed by atoms with E-state index in [4.69, 9.17) is 0 Å². The molecule has 0 fully saturated rings. The summed E-state index contributed by atoms with van der Waals surface area (Å²) < 4.78 is 0. The number of aromatic nitrogens is 4. The van der Waals surface area contributed by atoms with Gasteiger partial charge >= 0.3 is 0 Å². The van der Waals surface area contributed by atoms with Crippen molar-refractivity contribution in [1.29, 1.82) is 0 Å². The minimum Gasteiger partial charge on any atom is -0.345 e. The molecule has 0 aliphatic carbocycles. The van der Waals surface area contributed by atoms with Crippen molar-refractivity contribution in [2.24, 2.45) is 0 Å². The molecule has 7 heteroatoms. The Morgan fingerprint density at radius 3 is 2.74 bits per heavy atom. The molecule has 3 aromatic heterocycles. The van der Waals surface area contributed by atoms with Crippen LogP contribution in [-0.2, 0) is 0 Å². The maximum absolute atomic E-state index is 12.5. The van der Waals surface area contributed by atoms with Gasteiger partial charge in [0.1, 0.15) is 15.4 Å². The lowest BCUT2D eigenvalue weighted by Gasteiger charge is -2.06. The van der Waals surface area contributed by atoms with Crippen LogP contribution in [0.25, 0.3) is 32.0 Å². The van der Waals surface area contributed by atoms with Gasteiger partial charge in [-0.05, 0) is 54.6 Å². The molecule has 2 N–H and O–H groups in total. The van der Waals surface area contributed by atoms with Crippen LogP contribution in [-0.4, -0.2) is 25.8 Å². The number of pyridine rings is 1. The topological polar surface area (TPSA) is 83.6 Å². The second kappa shape index (κ2) is 6.30. The minimum absolute atomic E-state index is 0.163. The van der Waals surface area contributed by atoms with Crippen LogP contribution in [0.3, 0.4) is 0 Å². The minimum atomic E-state index is -0.163. The van der Waals surface area contributed by atoms with Gasteiger partial charge in [0, 0.05) is 23.0 Å². The van der Waals surface area contributed by atoms with E-state index in [1.165, 1.54) is 0 Å². The van der Waals surface area contributed by atoms with E-state index in [1.54, 1.807) is 36.0 Å². The van der Waals surface area contributed by atoms with Crippen molar-refractivity contribution in [3.63, 3.8) is 0 Å². The van der Waals surface area contributed by atoms with Crippen LogP contribution < -0.4 is 5.32 Å². The van der Waals surface area contributed by atoms with Crippen LogP contribution in [0.15, 0.2) is 67.1 Å². The van der Waals surface area contributed by atoms with Crippen molar-refractivity contribution >= 4 is 44.3 Å². The molecule has 27 heavy (non-hydrogen) atoms. The molecule has 130 valence electrons. The van der Waals surface area contributed by atoms with E-state index in [-0.39, 0.29) is 5.91 Å². The number of carbonyl (C=O) groups excluding carboxylic acids is 1. The molecule has 5 aromatic rings. The van der Waals surface area contributed by atoms with E-state index < -0.39 is 0 Å². The molecule has 0 unspecified atom stereocenters. The second-order valence-electron chi connectivity index (χ2n) is 6.01. The molecule has 0 saturated carbocycles. The van der Waals surface area contributed by atoms with E-state index in [0.717, 1.165) is 37.6 Å². The van der Waals surface area contributed by atoms with Crippen LogP contribution in [0.2, 0.25) is 0 Å². The number of benzene rings is 2. The highest BCUT2D eigenvalue weighted by atomic mass is 32.1. The second-order valence-corrected chi connectivity index (χ2v) is 6.99. The Morgan fingerprint density at radius 2 is 1.89 bits per heavy atom. The van der Waals surface area contributed by atoms with Gasteiger partial charge in [-0.25, -0.2) is 15.0 Å². The molecule has 6 nitrogen and oxygen atoms in total. The number of H-pyrrole nitrogens is 1. The molecule has 0 aliphatic heterocycles. The van der Waals surface area contributed by atoms with Gasteiger partial charge in [-0.2, -0.15) is 0 Å². The Kier molecular flexibility index (Phi) is 3.65. The maximum Gasteiger partial charge on any atom is 0.255 e. The first-order valence-electron chi connectivity index (χ1n) is 8.33. The molecule has 0 spiro atoms. The fraction of sp³-hybridized carbons (Fsp3) is 0. The quantitative estimate of drug-likeness (QED) is 0.489. The van der Waals surface area contributed by atoms with Crippen molar-refractivity contribution in [1.82, 2.24) is 19.9 Å². The van der Waals surface area contributed by atoms with Crippen molar-refractivity contribution in [3.05, 3.63) is 72.7 Å². The summed E-state index contributed by atoms with van der Waals surface area (Å²) in [6, 6.07) is 16.9. The summed E-state index contributed by atoms with van der Waals surface area (Å²) >= 11 is 1.55. The van der Waals surface area contributed by atoms with Gasteiger partial charge in [0.15, 0.2) is 0 Å². The highest BCUT2D eigenvalue weighted by Gasteiger charge is 2.10. The number of hydrogen-bond acceptors (Lipinski definition) is 5. The maximum atomic E-state index is 12.5. The summed E-state index contributed by atoms with van der Waals surface area (Å²) in [5.74, 6) is -0.163. The van der Waals surface area contributed by atoms with E-state index in [2.05, 4.69) is 25.3 Å². The van der Waals surface area contributed by atoms with Crippen molar-refractivity contribution in [2.75, 3.05) is 5.32 Å². The summed E-state index contributed by atoms with van der Waals surface area (Å²) in [7, 11) is 0. The summed E-state index contributed by atoms with van der Waals surface area (Å²) in [5.41, 5.74) is 4.86. The predicted octanol–water partition coefficient (Wildman–Crippen LogP) is 4.49. The molecular weight excluding hydrogens is 358 g/mol. The third-order valence-electron chi connectivity index (χ3n) is 4.24. The highest BCUT2D eigenvalue weighted by Crippen LogP contribution is 2.29. The molecular formula is C20H13N5OS. The van der Waals surface area contributed by atoms with Crippen LogP contribution in [0, 0.1) is 0 Å². The molecule has 0 bridgehead atoms. The largest absolute Gasteiger partial charge is 0.345 e. The highest BCUT2D eigenvalue weighted by molar-refractivity contribution is 7.21. The first-order chi connectivity index (χ1) is 13.3. The third-order valence-corrected chi connectivity index (χ3v) is 5.27. The zero-order chi connectivity index (χ0) is 18.2. The number of aromatic amines is 1. The number of carbonyl (C=O) groups is 1. The van der Waals surface area contributed by atoms with Gasteiger partial charge in [0.2, 0.25) is 0 Å². The average molecular weight is 371 g/mol. The van der Waals surface area contributed by atoms with E-state index in [1.807, 2.05) is 42.5 Å². The number of fused-ring (bicyclic) bond motifs is 2. The molecule has 3 heterocycles. The number of imidazole rings is 1. The lowest BCUT2D eigenvalue weighted by atomic mass is 10.1. The summed E-state index contributed by atoms with van der Waals surface area (Å²) in [6.07, 6.45) is 3.38. The molecule has 1 amide bonds. The number of nitrogens with zero attached hydrogens (tertiary/aromatic N) is 3. The van der Waals surface area contributed by atoms with Gasteiger partial charge in [-0.1, -0.05) is 11.3 Å². The zero-order valence-corrected chi connectivity index (χ0v) is 14.8. The van der Waals surface area contributed by atoms with Crippen molar-refractivity contribution in [2.45, 2.75) is 0 Å². The van der Waals surface area contributed by atoms with Crippen LogP contribution in [0.1, 0.15) is 10.4 Å². The molecule has 0 aliphatic rings. The standard InChI is InChI=1S/C20H13N5OS/c26-18(13-5-8-15-17(10-13)23-11-22-15)24-14-6-3-12(4-7-14)19-25-16-2-1-9-21-20(16)27-19/h1-11H,(H,22,23)(H,24,26). The van der Waals surface area contributed by atoms with Crippen LogP contribution in [0.5, 0.6) is 0 Å². The Morgan fingerprint density at radius 1 is 1.00 bits per heavy atom. The number of nitrogens with one attached hydrogen (secondary N) is 2. The molecule has 2 aromatic carbocycles. The van der Waals surface area contributed by atoms with E-state index in [0.29, 0.717) is 5.56 Å². The summed E-state index contributed by atoms with van der Waals surface area (Å²) in [6.45, 7) is 0. The smallest absolute Gasteiger partial charge is 0.255 e. The fourth-order valence-electron chi connectivity index (χ4n) is 2.87. The number of rotatable bonds is 3. The first-order valence-corrected chi connectivity index (χ1v) is 9.14. The molecule has 0 atom stereocenters. The summed E-state index contributed by atoms with van der Waals surface area (Å²) in [4.78, 5) is 29.5. The SMILES string of the molecule is O=C(Nc1ccc(-c2nc3cccnc3s2)cc1)c1ccc2nc[nH]c2c1. The van der Waals surface area contributed by atoms with Gasteiger partial charge < -0.3 is 10.3 Å². The van der Waals surface area contributed by atoms with Gasteiger partial charge in [-0.15, -0.1) is 0 Å². The normalized spacial score (nSPS) is 11.1. The number of amides is 1. The van der Waals surface area contributed by atoms with E-state index >= 15 is 0 Å². The van der Waals surface area contributed by atoms with Crippen LogP contribution >= 0.6 is 11.3 Å². The lowest BCUT2D eigenvalue weighted by molar-refractivity contribution is 0.102. The Hall–Kier alpha value is -3.58. The van der Waals surface area contributed by atoms with Gasteiger partial charge in [0.25, 0.3) is 5.91 Å². The van der Waals surface area contributed by atoms with Crippen molar-refractivity contribution in [3.8, 4) is 10.6 Å². The predicted molar refractivity (Wildman–Crippen MR) is 107 cm³/mol. The Balaban J connectivity index is 1.37. The molecule has 5 rings (SSSR count). The Bertz CT molecular complexity index is 1240. The van der Waals surface area contributed by atoms with Crippen molar-refractivity contribution < 1.29 is 4.79 Å². The average Bonchev–Trinajstić information content (AvgIpc) is 3.34. The zero-order valence-electron chi connectivity index (χ0n) is 14.0. The van der Waals surface area contributed by atoms with E-state index in [9.17, 15) is 4.79 Å². The Labute approximate surface area is 157 Å². The van der Waals surface area contributed by atoms with Crippen LogP contribution in [0.4, 0.5) is 5.69 Å². The first kappa shape index (κ1) is 15.7. The number of hydrogen-bond donors (Lipinski definition) is 2. The van der Waals surface area contributed by atoms with Gasteiger partial charge in [-0.3, -0.25) is 4.79 Å². The third kappa shape index (κ3) is 2.94. The monoisotopic (exact) mass is 371 g/mol.